The second-order valence-corrected chi connectivity index (χ2v) is 6.51. The third-order valence-electron chi connectivity index (χ3n) is 4.64. The first-order valence-electron chi connectivity index (χ1n) is 8.96. The highest BCUT2D eigenvalue weighted by atomic mass is 19.1. The number of piperazine rings is 1. The van der Waals surface area contributed by atoms with Crippen molar-refractivity contribution in [2.24, 2.45) is 0 Å². The fraction of sp³-hybridized carbons (Fsp3) is 0.368. The first kappa shape index (κ1) is 17.5. The van der Waals surface area contributed by atoms with Crippen molar-refractivity contribution in [3.63, 3.8) is 0 Å². The molecule has 0 unspecified atom stereocenters. The highest BCUT2D eigenvalue weighted by Gasteiger charge is 2.20. The van der Waals surface area contributed by atoms with Gasteiger partial charge in [-0.2, -0.15) is 4.39 Å². The summed E-state index contributed by atoms with van der Waals surface area (Å²) in [5.41, 5.74) is 1.51. The number of benzene rings is 1. The molecule has 2 aromatic rings. The highest BCUT2D eigenvalue weighted by molar-refractivity contribution is 5.92. The van der Waals surface area contributed by atoms with Crippen LogP contribution in [0.1, 0.15) is 0 Å². The van der Waals surface area contributed by atoms with Gasteiger partial charge in [0.1, 0.15) is 13.2 Å². The molecular formula is C19H21FN4O3. The van der Waals surface area contributed by atoms with Crippen molar-refractivity contribution in [2.75, 3.05) is 56.2 Å². The van der Waals surface area contributed by atoms with Crippen LogP contribution in [0.3, 0.4) is 0 Å². The van der Waals surface area contributed by atoms with Crippen LogP contribution < -0.4 is 19.7 Å². The first-order valence-corrected chi connectivity index (χ1v) is 8.96. The maximum Gasteiger partial charge on any atom is 0.238 e. The van der Waals surface area contributed by atoms with Gasteiger partial charge in [0, 0.05) is 55.9 Å². The van der Waals surface area contributed by atoms with Crippen LogP contribution in [0.25, 0.3) is 0 Å². The van der Waals surface area contributed by atoms with Crippen LogP contribution in [0, 0.1) is 5.95 Å². The fourth-order valence-electron chi connectivity index (χ4n) is 3.28. The van der Waals surface area contributed by atoms with Gasteiger partial charge in [-0.3, -0.25) is 9.69 Å². The van der Waals surface area contributed by atoms with Crippen molar-refractivity contribution in [3.05, 3.63) is 42.5 Å². The molecular weight excluding hydrogens is 351 g/mol. The third-order valence-corrected chi connectivity index (χ3v) is 4.64. The number of hydrogen-bond acceptors (Lipinski definition) is 6. The van der Waals surface area contributed by atoms with Crippen LogP contribution in [0.4, 0.5) is 15.8 Å². The van der Waals surface area contributed by atoms with E-state index in [2.05, 4.69) is 20.1 Å². The van der Waals surface area contributed by atoms with E-state index >= 15 is 0 Å². The Labute approximate surface area is 156 Å². The third kappa shape index (κ3) is 4.28. The highest BCUT2D eigenvalue weighted by Crippen LogP contribution is 2.32. The minimum Gasteiger partial charge on any atom is -0.486 e. The molecule has 7 nitrogen and oxygen atoms in total. The predicted octanol–water partition coefficient (Wildman–Crippen LogP) is 1.75. The number of halogens is 1. The number of anilines is 2. The number of nitrogens with one attached hydrogen (secondary N) is 1. The topological polar surface area (TPSA) is 66.9 Å². The van der Waals surface area contributed by atoms with E-state index in [0.29, 0.717) is 36.9 Å². The van der Waals surface area contributed by atoms with Crippen LogP contribution in [0.5, 0.6) is 11.5 Å². The maximum atomic E-state index is 13.3. The van der Waals surface area contributed by atoms with E-state index in [0.717, 1.165) is 31.9 Å². The largest absolute Gasteiger partial charge is 0.486 e. The number of fused-ring (bicyclic) bond motifs is 1. The lowest BCUT2D eigenvalue weighted by molar-refractivity contribution is -0.117. The summed E-state index contributed by atoms with van der Waals surface area (Å²) in [6.07, 6.45) is 1.47. The van der Waals surface area contributed by atoms with Crippen molar-refractivity contribution >= 4 is 17.3 Å². The summed E-state index contributed by atoms with van der Waals surface area (Å²) in [6.45, 7) is 4.30. The van der Waals surface area contributed by atoms with Crippen LogP contribution in [0.2, 0.25) is 0 Å². The van der Waals surface area contributed by atoms with Crippen LogP contribution >= 0.6 is 0 Å². The summed E-state index contributed by atoms with van der Waals surface area (Å²) < 4.78 is 24.3. The number of aromatic nitrogens is 1. The zero-order valence-corrected chi connectivity index (χ0v) is 14.9. The van der Waals surface area contributed by atoms with Gasteiger partial charge >= 0.3 is 0 Å². The Morgan fingerprint density at radius 2 is 1.85 bits per heavy atom. The van der Waals surface area contributed by atoms with Crippen molar-refractivity contribution in [1.29, 1.82) is 0 Å². The summed E-state index contributed by atoms with van der Waals surface area (Å²) in [6, 6.07) is 8.62. The summed E-state index contributed by atoms with van der Waals surface area (Å²) in [5, 5.41) is 2.90. The van der Waals surface area contributed by atoms with Gasteiger partial charge < -0.3 is 19.7 Å². The Bertz CT molecular complexity index is 824. The van der Waals surface area contributed by atoms with Crippen molar-refractivity contribution in [2.45, 2.75) is 0 Å². The zero-order valence-electron chi connectivity index (χ0n) is 14.9. The molecule has 8 heteroatoms. The minimum atomic E-state index is -0.478. The lowest BCUT2D eigenvalue weighted by atomic mass is 10.2. The van der Waals surface area contributed by atoms with Gasteiger partial charge in [-0.15, -0.1) is 0 Å². The van der Waals surface area contributed by atoms with Crippen molar-refractivity contribution in [3.8, 4) is 11.5 Å². The monoisotopic (exact) mass is 372 g/mol. The summed E-state index contributed by atoms with van der Waals surface area (Å²) in [7, 11) is 0. The zero-order chi connectivity index (χ0) is 18.6. The summed E-state index contributed by atoms with van der Waals surface area (Å²) >= 11 is 0. The quantitative estimate of drug-likeness (QED) is 0.825. The van der Waals surface area contributed by atoms with E-state index in [9.17, 15) is 9.18 Å². The molecule has 1 saturated heterocycles. The van der Waals surface area contributed by atoms with Gasteiger partial charge in [0.2, 0.25) is 11.9 Å². The molecule has 2 aliphatic rings. The van der Waals surface area contributed by atoms with Crippen LogP contribution in [-0.2, 0) is 4.79 Å². The summed E-state index contributed by atoms with van der Waals surface area (Å²) in [4.78, 5) is 20.1. The number of amides is 1. The molecule has 1 fully saturated rings. The molecule has 0 atom stereocenters. The van der Waals surface area contributed by atoms with E-state index in [-0.39, 0.29) is 5.91 Å². The average molecular weight is 372 g/mol. The van der Waals surface area contributed by atoms with Gasteiger partial charge in [0.05, 0.1) is 6.54 Å². The second-order valence-electron chi connectivity index (χ2n) is 6.51. The first-order chi connectivity index (χ1) is 13.2. The minimum absolute atomic E-state index is 0.0740. The lowest BCUT2D eigenvalue weighted by Crippen LogP contribution is -2.48. The number of rotatable bonds is 4. The Hall–Kier alpha value is -2.87. The van der Waals surface area contributed by atoms with E-state index in [1.54, 1.807) is 24.3 Å². The molecule has 1 N–H and O–H groups in total. The lowest BCUT2D eigenvalue weighted by Gasteiger charge is -2.35. The second kappa shape index (κ2) is 7.79. The van der Waals surface area contributed by atoms with Gasteiger partial charge in [-0.05, 0) is 18.2 Å². The number of carbonyl (C=O) groups is 1. The van der Waals surface area contributed by atoms with Crippen molar-refractivity contribution in [1.82, 2.24) is 9.88 Å². The molecule has 0 saturated carbocycles. The standard InChI is InChI=1S/C19H21FN4O3/c20-18-12-15(3-4-21-18)24-7-5-23(6-8-24)13-19(25)22-14-1-2-16-17(11-14)27-10-9-26-16/h1-4,11-12H,5-10,13H2,(H,22,25). The molecule has 4 rings (SSSR count). The Balaban J connectivity index is 1.28. The van der Waals surface area contributed by atoms with E-state index in [1.165, 1.54) is 12.3 Å². The van der Waals surface area contributed by atoms with E-state index < -0.39 is 5.95 Å². The molecule has 1 aromatic carbocycles. The smallest absolute Gasteiger partial charge is 0.238 e. The molecule has 2 aliphatic heterocycles. The Morgan fingerprint density at radius 3 is 2.63 bits per heavy atom. The number of hydrogen-bond donors (Lipinski definition) is 1. The number of nitrogens with zero attached hydrogens (tertiary/aromatic N) is 3. The van der Waals surface area contributed by atoms with Gasteiger partial charge in [-0.1, -0.05) is 0 Å². The molecule has 142 valence electrons. The number of pyridine rings is 1. The predicted molar refractivity (Wildman–Crippen MR) is 98.9 cm³/mol. The molecule has 1 amide bonds. The molecule has 0 radical (unpaired) electrons. The van der Waals surface area contributed by atoms with Gasteiger partial charge in [-0.25, -0.2) is 4.98 Å². The summed E-state index contributed by atoms with van der Waals surface area (Å²) in [5.74, 6) is 0.795. The van der Waals surface area contributed by atoms with E-state index in [4.69, 9.17) is 9.47 Å². The molecule has 0 aliphatic carbocycles. The Morgan fingerprint density at radius 1 is 1.07 bits per heavy atom. The molecule has 0 spiro atoms. The fourth-order valence-corrected chi connectivity index (χ4v) is 3.28. The van der Waals surface area contributed by atoms with Gasteiger partial charge in [0.15, 0.2) is 11.5 Å². The maximum absolute atomic E-state index is 13.3. The molecule has 0 bridgehead atoms. The van der Waals surface area contributed by atoms with Gasteiger partial charge in [0.25, 0.3) is 0 Å². The van der Waals surface area contributed by atoms with Crippen LogP contribution in [0.15, 0.2) is 36.5 Å². The Kier molecular flexibility index (Phi) is 5.06. The SMILES string of the molecule is O=C(CN1CCN(c2ccnc(F)c2)CC1)Nc1ccc2c(c1)OCCO2. The van der Waals surface area contributed by atoms with Crippen LogP contribution in [-0.4, -0.2) is 61.7 Å². The number of ether oxygens (including phenoxy) is 2. The molecule has 27 heavy (non-hydrogen) atoms. The van der Waals surface area contributed by atoms with E-state index in [1.807, 2.05) is 0 Å². The average Bonchev–Trinajstić information content (AvgIpc) is 2.68. The molecule has 3 heterocycles. The normalized spacial score (nSPS) is 16.9. The molecule has 1 aromatic heterocycles. The van der Waals surface area contributed by atoms with Crippen molar-refractivity contribution < 1.29 is 18.7 Å². The number of carbonyl (C=O) groups excluding carboxylic acids is 1.